The fourth-order valence-corrected chi connectivity index (χ4v) is 5.03. The molecule has 1 aromatic heterocycles. The van der Waals surface area contributed by atoms with Crippen molar-refractivity contribution in [1.82, 2.24) is 19.8 Å². The summed E-state index contributed by atoms with van der Waals surface area (Å²) in [6, 6.07) is 17.1. The normalized spacial score (nSPS) is 15.6. The van der Waals surface area contributed by atoms with Crippen LogP contribution in [0.2, 0.25) is 0 Å². The van der Waals surface area contributed by atoms with E-state index in [1.807, 2.05) is 12.3 Å². The van der Waals surface area contributed by atoms with E-state index in [4.69, 9.17) is 0 Å². The summed E-state index contributed by atoms with van der Waals surface area (Å²) in [5, 5.41) is 0. The van der Waals surface area contributed by atoms with Crippen molar-refractivity contribution in [2.75, 3.05) is 37.6 Å². The van der Waals surface area contributed by atoms with Gasteiger partial charge in [0.25, 0.3) is 0 Å². The largest absolute Gasteiger partial charge is 0.364 e. The third-order valence-electron chi connectivity index (χ3n) is 6.89. The van der Waals surface area contributed by atoms with Gasteiger partial charge >= 0.3 is 0 Å². The van der Waals surface area contributed by atoms with E-state index in [1.54, 1.807) is 6.33 Å². The number of hydrogen-bond donors (Lipinski definition) is 1. The Hall–Kier alpha value is -2.25. The molecule has 3 heterocycles. The summed E-state index contributed by atoms with van der Waals surface area (Å²) in [5.41, 5.74) is 5.89. The fourth-order valence-electron chi connectivity index (χ4n) is 5.03. The van der Waals surface area contributed by atoms with Gasteiger partial charge in [-0.15, -0.1) is 37.2 Å². The third kappa shape index (κ3) is 7.39. The van der Waals surface area contributed by atoms with Crippen LogP contribution < -0.4 is 4.90 Å². The Kier molecular flexibility index (Phi) is 12.1. The van der Waals surface area contributed by atoms with Gasteiger partial charge < -0.3 is 19.7 Å². The molecular weight excluding hydrogens is 517 g/mol. The summed E-state index contributed by atoms with van der Waals surface area (Å²) < 4.78 is 0. The number of hydrogen-bond acceptors (Lipinski definition) is 4. The lowest BCUT2D eigenvalue weighted by Gasteiger charge is -2.28. The number of imidazole rings is 1. The molecule has 0 saturated carbocycles. The van der Waals surface area contributed by atoms with E-state index in [0.717, 1.165) is 45.0 Å². The fraction of sp³-hybridized carbons (Fsp3) is 0.407. The smallest absolute Gasteiger partial charge is 0.224 e. The van der Waals surface area contributed by atoms with Crippen LogP contribution in [0.5, 0.6) is 0 Å². The molecule has 0 radical (unpaired) electrons. The summed E-state index contributed by atoms with van der Waals surface area (Å²) in [6.07, 6.45) is 8.05. The third-order valence-corrected chi connectivity index (χ3v) is 6.89. The van der Waals surface area contributed by atoms with Gasteiger partial charge in [0.2, 0.25) is 5.91 Å². The number of aromatic nitrogens is 2. The van der Waals surface area contributed by atoms with Crippen LogP contribution >= 0.6 is 37.2 Å². The average Bonchev–Trinajstić information content (AvgIpc) is 3.31. The van der Waals surface area contributed by atoms with Gasteiger partial charge in [0.05, 0.1) is 18.6 Å². The molecule has 0 aliphatic carbocycles. The maximum Gasteiger partial charge on any atom is 0.224 e. The molecule has 3 aromatic rings. The number of carbonyl (C=O) groups is 1. The number of benzene rings is 2. The number of H-pyrrole nitrogens is 1. The van der Waals surface area contributed by atoms with Crippen molar-refractivity contribution < 1.29 is 4.79 Å². The van der Waals surface area contributed by atoms with Crippen molar-refractivity contribution in [3.63, 3.8) is 0 Å². The van der Waals surface area contributed by atoms with Crippen LogP contribution in [0.4, 0.5) is 5.69 Å². The number of carbonyl (C=O) groups excluding carboxylic acids is 1. The van der Waals surface area contributed by atoms with Crippen molar-refractivity contribution in [3.05, 3.63) is 72.3 Å². The number of fused-ring (bicyclic) bond motifs is 1. The summed E-state index contributed by atoms with van der Waals surface area (Å²) in [4.78, 5) is 27.5. The van der Waals surface area contributed by atoms with Crippen LogP contribution in [0, 0.1) is 0 Å². The van der Waals surface area contributed by atoms with Crippen LogP contribution in [0.15, 0.2) is 61.1 Å². The molecule has 5 rings (SSSR count). The van der Waals surface area contributed by atoms with Gasteiger partial charge in [0.1, 0.15) is 0 Å². The van der Waals surface area contributed by atoms with Crippen molar-refractivity contribution in [3.8, 4) is 11.1 Å². The topological polar surface area (TPSA) is 55.5 Å². The SMILES string of the molecule is Cl.Cl.Cl.O=C(CCN1CCCCC1)N1CCN(Cc2cnc[nH]2)c2ccc(-c3ccccc3)cc2C1. The van der Waals surface area contributed by atoms with Crippen LogP contribution in [0.25, 0.3) is 11.1 Å². The molecule has 196 valence electrons. The molecular formula is C27H36Cl3N5O. The van der Waals surface area contributed by atoms with E-state index in [1.165, 1.54) is 41.6 Å². The molecule has 1 fully saturated rings. The Morgan fingerprint density at radius 1 is 0.889 bits per heavy atom. The van der Waals surface area contributed by atoms with Gasteiger partial charge in [-0.05, 0) is 54.8 Å². The summed E-state index contributed by atoms with van der Waals surface area (Å²) in [6.45, 7) is 6.11. The van der Waals surface area contributed by atoms with E-state index in [-0.39, 0.29) is 43.1 Å². The van der Waals surface area contributed by atoms with Gasteiger partial charge in [-0.1, -0.05) is 42.8 Å². The number of nitrogens with one attached hydrogen (secondary N) is 1. The minimum atomic E-state index is 0. The van der Waals surface area contributed by atoms with Gasteiger partial charge in [-0.25, -0.2) is 4.98 Å². The Morgan fingerprint density at radius 2 is 1.67 bits per heavy atom. The highest BCUT2D eigenvalue weighted by atomic mass is 35.5. The van der Waals surface area contributed by atoms with E-state index < -0.39 is 0 Å². The Balaban J connectivity index is 0.00000152. The number of nitrogens with zero attached hydrogens (tertiary/aromatic N) is 4. The first-order valence-corrected chi connectivity index (χ1v) is 12.2. The number of piperidine rings is 1. The van der Waals surface area contributed by atoms with E-state index in [0.29, 0.717) is 13.0 Å². The maximum absolute atomic E-state index is 13.2. The lowest BCUT2D eigenvalue weighted by atomic mass is 10.0. The molecule has 36 heavy (non-hydrogen) atoms. The molecule has 1 saturated heterocycles. The second kappa shape index (κ2) is 14.5. The van der Waals surface area contributed by atoms with Crippen LogP contribution in [0.1, 0.15) is 36.9 Å². The van der Waals surface area contributed by atoms with Crippen LogP contribution in [-0.4, -0.2) is 58.4 Å². The highest BCUT2D eigenvalue weighted by Crippen LogP contribution is 2.31. The molecule has 0 atom stereocenters. The minimum Gasteiger partial charge on any atom is -0.364 e. The number of aromatic amines is 1. The number of halogens is 3. The highest BCUT2D eigenvalue weighted by Gasteiger charge is 2.24. The monoisotopic (exact) mass is 551 g/mol. The first-order valence-electron chi connectivity index (χ1n) is 12.2. The highest BCUT2D eigenvalue weighted by molar-refractivity contribution is 5.86. The molecule has 2 aliphatic heterocycles. The van der Waals surface area contributed by atoms with E-state index in [2.05, 4.69) is 67.1 Å². The number of anilines is 1. The molecule has 1 amide bonds. The molecule has 9 heteroatoms. The Morgan fingerprint density at radius 3 is 2.39 bits per heavy atom. The van der Waals surface area contributed by atoms with Crippen LogP contribution in [-0.2, 0) is 17.9 Å². The quantitative estimate of drug-likeness (QED) is 0.435. The molecule has 1 N–H and O–H groups in total. The number of amides is 1. The van der Waals surface area contributed by atoms with E-state index in [9.17, 15) is 4.79 Å². The van der Waals surface area contributed by atoms with Crippen molar-refractivity contribution in [2.24, 2.45) is 0 Å². The summed E-state index contributed by atoms with van der Waals surface area (Å²) in [7, 11) is 0. The molecule has 0 unspecified atom stereocenters. The summed E-state index contributed by atoms with van der Waals surface area (Å²) >= 11 is 0. The standard InChI is InChI=1S/C27H33N5O.3ClH/c33-27(11-14-30-12-5-2-6-13-30)32-16-15-31(20-25-18-28-21-29-25)26-10-9-23(17-24(26)19-32)22-7-3-1-4-8-22;;;/h1,3-4,7-10,17-18,21H,2,5-6,11-16,19-20H2,(H,28,29);3*1H. The minimum absolute atomic E-state index is 0. The number of likely N-dealkylation sites (tertiary alicyclic amines) is 1. The van der Waals surface area contributed by atoms with Crippen molar-refractivity contribution in [1.29, 1.82) is 0 Å². The predicted molar refractivity (Wildman–Crippen MR) is 154 cm³/mol. The van der Waals surface area contributed by atoms with Gasteiger partial charge in [0.15, 0.2) is 0 Å². The summed E-state index contributed by atoms with van der Waals surface area (Å²) in [5.74, 6) is 0.264. The molecule has 2 aromatic carbocycles. The van der Waals surface area contributed by atoms with E-state index >= 15 is 0 Å². The van der Waals surface area contributed by atoms with Gasteiger partial charge in [-0.2, -0.15) is 0 Å². The molecule has 2 aliphatic rings. The first kappa shape index (κ1) is 30.0. The van der Waals surface area contributed by atoms with Crippen LogP contribution in [0.3, 0.4) is 0 Å². The average molecular weight is 553 g/mol. The Labute approximate surface area is 232 Å². The van der Waals surface area contributed by atoms with Gasteiger partial charge in [0, 0.05) is 44.5 Å². The Bertz CT molecular complexity index is 1060. The van der Waals surface area contributed by atoms with Crippen molar-refractivity contribution >= 4 is 48.8 Å². The molecule has 6 nitrogen and oxygen atoms in total. The second-order valence-corrected chi connectivity index (χ2v) is 9.18. The zero-order chi connectivity index (χ0) is 22.5. The predicted octanol–water partition coefficient (Wildman–Crippen LogP) is 5.57. The number of rotatable bonds is 6. The lowest BCUT2D eigenvalue weighted by Crippen LogP contribution is -2.38. The first-order chi connectivity index (χ1) is 16.3. The maximum atomic E-state index is 13.2. The lowest BCUT2D eigenvalue weighted by molar-refractivity contribution is -0.132. The zero-order valence-electron chi connectivity index (χ0n) is 20.5. The molecule has 0 bridgehead atoms. The van der Waals surface area contributed by atoms with Crippen molar-refractivity contribution in [2.45, 2.75) is 38.8 Å². The molecule has 0 spiro atoms. The second-order valence-electron chi connectivity index (χ2n) is 9.18. The van der Waals surface area contributed by atoms with Gasteiger partial charge in [-0.3, -0.25) is 4.79 Å². The zero-order valence-corrected chi connectivity index (χ0v) is 22.9.